The lowest BCUT2D eigenvalue weighted by molar-refractivity contribution is -0.0189. The molecule has 0 amide bonds. The Hall–Kier alpha value is -2.49. The Morgan fingerprint density at radius 2 is 1.53 bits per heavy atom. The first kappa shape index (κ1) is 28.5. The molecule has 0 spiro atoms. The molecule has 1 fully saturated rings. The first-order valence-electron chi connectivity index (χ1n) is 14.0. The summed E-state index contributed by atoms with van der Waals surface area (Å²) in [5.74, 6) is 1.45. The van der Waals surface area contributed by atoms with Crippen molar-refractivity contribution in [1.29, 1.82) is 0 Å². The first-order chi connectivity index (χ1) is 18.1. The predicted molar refractivity (Wildman–Crippen MR) is 159 cm³/mol. The fraction of sp³-hybridized carbons (Fsp3) is 0.455. The average molecular weight is 505 g/mol. The van der Waals surface area contributed by atoms with E-state index in [0.29, 0.717) is 18.2 Å². The third kappa shape index (κ3) is 6.55. The van der Waals surface area contributed by atoms with Crippen LogP contribution in [-0.4, -0.2) is 51.6 Å². The highest BCUT2D eigenvalue weighted by Crippen LogP contribution is 2.41. The Labute approximate surface area is 232 Å². The number of ether oxygens (including phenoxy) is 1. The number of aliphatic hydroxyl groups is 1. The summed E-state index contributed by atoms with van der Waals surface area (Å²) in [5.41, 5.74) is 4.71. The number of piperidine rings is 1. The van der Waals surface area contributed by atoms with Gasteiger partial charge in [-0.15, -0.1) is 0 Å². The Balaban J connectivity index is 0.000000194. The summed E-state index contributed by atoms with van der Waals surface area (Å²) < 4.78 is 5.58. The van der Waals surface area contributed by atoms with Crippen molar-refractivity contribution in [1.82, 2.24) is 4.90 Å². The van der Waals surface area contributed by atoms with Gasteiger partial charge in [-0.05, 0) is 55.5 Å². The van der Waals surface area contributed by atoms with Crippen molar-refractivity contribution in [2.75, 3.05) is 19.6 Å². The van der Waals surface area contributed by atoms with E-state index in [1.165, 1.54) is 24.0 Å². The molecule has 1 saturated heterocycles. The van der Waals surface area contributed by atoms with Crippen LogP contribution in [0.1, 0.15) is 75.1 Å². The lowest BCUT2D eigenvalue weighted by atomic mass is 9.50. The minimum atomic E-state index is -0.912. The molecule has 0 saturated carbocycles. The van der Waals surface area contributed by atoms with E-state index in [4.69, 9.17) is 20.4 Å². The van der Waals surface area contributed by atoms with Gasteiger partial charge in [0.2, 0.25) is 6.29 Å². The van der Waals surface area contributed by atoms with Gasteiger partial charge in [-0.1, -0.05) is 111 Å². The lowest BCUT2D eigenvalue weighted by Gasteiger charge is -2.38. The molecular weight excluding hydrogens is 464 g/mol. The summed E-state index contributed by atoms with van der Waals surface area (Å²) in [6.07, 6.45) is 2.56. The highest BCUT2D eigenvalue weighted by molar-refractivity contribution is 6.40. The number of aliphatic hydroxyl groups excluding tert-OH is 1. The zero-order valence-electron chi connectivity index (χ0n) is 23.4. The van der Waals surface area contributed by atoms with Crippen LogP contribution >= 0.6 is 0 Å². The van der Waals surface area contributed by atoms with Crippen LogP contribution < -0.4 is 4.74 Å². The topological polar surface area (TPSA) is 32.7 Å². The van der Waals surface area contributed by atoms with E-state index >= 15 is 0 Å². The summed E-state index contributed by atoms with van der Waals surface area (Å²) >= 11 is 0. The molecule has 0 aliphatic carbocycles. The summed E-state index contributed by atoms with van der Waals surface area (Å²) in [5, 5.41) is 9.09. The molecule has 2 aliphatic rings. The largest absolute Gasteiger partial charge is 0.464 e. The number of benzene rings is 3. The van der Waals surface area contributed by atoms with Crippen molar-refractivity contribution < 1.29 is 9.84 Å². The second-order valence-corrected chi connectivity index (χ2v) is 11.7. The maximum Gasteiger partial charge on any atom is 0.204 e. The third-order valence-electron chi connectivity index (χ3n) is 8.20. The monoisotopic (exact) mass is 505 g/mol. The SMILES string of the molecule is CC(C)(c1ccccc1)c1ccccc1.[B]C([B])(CN1CCCC(C)C1)c1ccc2c(c1)OC(O)C2CC. The van der Waals surface area contributed by atoms with Crippen molar-refractivity contribution in [3.63, 3.8) is 0 Å². The minimum Gasteiger partial charge on any atom is -0.464 e. The molecule has 5 heteroatoms. The molecular formula is C33H41B2NO2. The number of likely N-dealkylation sites (tertiary alicyclic amines) is 1. The smallest absolute Gasteiger partial charge is 0.204 e. The van der Waals surface area contributed by atoms with Crippen LogP contribution in [0.25, 0.3) is 0 Å². The van der Waals surface area contributed by atoms with Crippen LogP contribution in [-0.2, 0) is 10.6 Å². The molecule has 3 aromatic carbocycles. The molecule has 0 bridgehead atoms. The van der Waals surface area contributed by atoms with Gasteiger partial charge in [-0.3, -0.25) is 0 Å². The van der Waals surface area contributed by atoms with Gasteiger partial charge in [0.25, 0.3) is 0 Å². The van der Waals surface area contributed by atoms with Crippen molar-refractivity contribution >= 4 is 15.7 Å². The summed E-state index contributed by atoms with van der Waals surface area (Å²) in [7, 11) is 12.9. The fourth-order valence-electron chi connectivity index (χ4n) is 5.79. The van der Waals surface area contributed by atoms with Crippen LogP contribution in [0.15, 0.2) is 78.9 Å². The number of hydrogen-bond acceptors (Lipinski definition) is 3. The standard InChI is InChI=1S/C18H25B2NO2.C15H16/c1-3-14-15-7-6-13(9-16(15)23-17(14)22)18(19,20)11-21-8-4-5-12(2)10-21;1-15(2,13-9-5-3-6-10-13)14-11-7-4-8-12-14/h6-7,9,12,14,17,22H,3-5,8,10-11H2,1-2H3;3-12H,1-2H3. The molecule has 4 radical (unpaired) electrons. The van der Waals surface area contributed by atoms with Gasteiger partial charge in [-0.25, -0.2) is 0 Å². The zero-order chi connectivity index (χ0) is 27.3. The Kier molecular flexibility index (Phi) is 9.11. The molecule has 0 aromatic heterocycles. The van der Waals surface area contributed by atoms with Crippen molar-refractivity contribution in [3.05, 3.63) is 101 Å². The Bertz CT molecular complexity index is 1120. The van der Waals surface area contributed by atoms with E-state index in [1.807, 2.05) is 25.1 Å². The predicted octanol–water partition coefficient (Wildman–Crippen LogP) is 6.13. The Morgan fingerprint density at radius 1 is 0.921 bits per heavy atom. The highest BCUT2D eigenvalue weighted by Gasteiger charge is 2.33. The average Bonchev–Trinajstić information content (AvgIpc) is 3.24. The van der Waals surface area contributed by atoms with Crippen LogP contribution in [0, 0.1) is 5.92 Å². The van der Waals surface area contributed by atoms with Crippen molar-refractivity contribution in [2.24, 2.45) is 5.92 Å². The number of nitrogens with zero attached hydrogens (tertiary/aromatic N) is 1. The summed E-state index contributed by atoms with van der Waals surface area (Å²) in [6, 6.07) is 27.1. The summed E-state index contributed by atoms with van der Waals surface area (Å²) in [4.78, 5) is 2.35. The third-order valence-corrected chi connectivity index (χ3v) is 8.20. The maximum atomic E-state index is 10.0. The zero-order valence-corrected chi connectivity index (χ0v) is 23.4. The summed E-state index contributed by atoms with van der Waals surface area (Å²) in [6.45, 7) is 11.6. The molecule has 3 aromatic rings. The van der Waals surface area contributed by atoms with Gasteiger partial charge >= 0.3 is 0 Å². The molecule has 196 valence electrons. The highest BCUT2D eigenvalue weighted by atomic mass is 16.6. The molecule has 2 heterocycles. The Morgan fingerprint density at radius 3 is 2.08 bits per heavy atom. The van der Waals surface area contributed by atoms with Gasteiger partial charge < -0.3 is 14.7 Å². The number of fused-ring (bicyclic) bond motifs is 1. The van der Waals surface area contributed by atoms with Crippen LogP contribution in [0.2, 0.25) is 0 Å². The van der Waals surface area contributed by atoms with Crippen LogP contribution in [0.3, 0.4) is 0 Å². The van der Waals surface area contributed by atoms with E-state index in [0.717, 1.165) is 30.6 Å². The fourth-order valence-corrected chi connectivity index (χ4v) is 5.79. The second-order valence-electron chi connectivity index (χ2n) is 11.7. The van der Waals surface area contributed by atoms with Crippen LogP contribution in [0.4, 0.5) is 0 Å². The molecule has 38 heavy (non-hydrogen) atoms. The van der Waals surface area contributed by atoms with Gasteiger partial charge in [0.15, 0.2) is 0 Å². The van der Waals surface area contributed by atoms with E-state index < -0.39 is 11.5 Å². The first-order valence-corrected chi connectivity index (χ1v) is 14.0. The van der Waals surface area contributed by atoms with E-state index in [-0.39, 0.29) is 11.3 Å². The molecule has 3 atom stereocenters. The van der Waals surface area contributed by atoms with Gasteiger partial charge in [0.1, 0.15) is 5.75 Å². The van der Waals surface area contributed by atoms with E-state index in [1.54, 1.807) is 0 Å². The lowest BCUT2D eigenvalue weighted by Crippen LogP contribution is -2.45. The van der Waals surface area contributed by atoms with E-state index in [2.05, 4.69) is 86.3 Å². The molecule has 1 N–H and O–H groups in total. The number of rotatable bonds is 6. The molecule has 3 nitrogen and oxygen atoms in total. The minimum absolute atomic E-state index is 0.0342. The quantitative estimate of drug-likeness (QED) is 0.410. The maximum absolute atomic E-state index is 10.0. The van der Waals surface area contributed by atoms with Gasteiger partial charge in [0, 0.05) is 23.4 Å². The van der Waals surface area contributed by atoms with Gasteiger partial charge in [0.05, 0.1) is 15.7 Å². The normalized spacial score (nSPS) is 21.7. The molecule has 3 unspecified atom stereocenters. The number of hydrogen-bond donors (Lipinski definition) is 1. The van der Waals surface area contributed by atoms with Gasteiger partial charge in [-0.2, -0.15) is 0 Å². The van der Waals surface area contributed by atoms with Crippen LogP contribution in [0.5, 0.6) is 5.75 Å². The molecule has 2 aliphatic heterocycles. The van der Waals surface area contributed by atoms with E-state index in [9.17, 15) is 5.11 Å². The van der Waals surface area contributed by atoms with Crippen molar-refractivity contribution in [3.8, 4) is 5.75 Å². The van der Waals surface area contributed by atoms with Crippen molar-refractivity contribution in [2.45, 2.75) is 69.8 Å². The molecule has 5 rings (SSSR count). The second kappa shape index (κ2) is 12.1.